The third-order valence-corrected chi connectivity index (χ3v) is 6.01. The number of anilines is 1. The molecule has 1 aliphatic rings. The van der Waals surface area contributed by atoms with Gasteiger partial charge in [-0.15, -0.1) is 35.3 Å². The molecule has 0 aliphatic carbocycles. The lowest BCUT2D eigenvalue weighted by Gasteiger charge is -2.31. The number of ether oxygens (including phenoxy) is 2. The van der Waals surface area contributed by atoms with Gasteiger partial charge in [0.1, 0.15) is 0 Å². The molecule has 1 aromatic carbocycles. The van der Waals surface area contributed by atoms with Crippen molar-refractivity contribution in [2.75, 3.05) is 46.2 Å². The van der Waals surface area contributed by atoms with Gasteiger partial charge >= 0.3 is 0 Å². The van der Waals surface area contributed by atoms with Crippen LogP contribution >= 0.6 is 35.3 Å². The first-order chi connectivity index (χ1) is 14.1. The second-order valence-electron chi connectivity index (χ2n) is 7.23. The van der Waals surface area contributed by atoms with E-state index in [1.165, 1.54) is 18.5 Å². The van der Waals surface area contributed by atoms with Crippen molar-refractivity contribution in [3.63, 3.8) is 0 Å². The highest BCUT2D eigenvalue weighted by Crippen LogP contribution is 2.29. The minimum Gasteiger partial charge on any atom is -0.493 e. The monoisotopic (exact) mass is 545 g/mol. The molecule has 0 unspecified atom stereocenters. The number of aromatic nitrogens is 1. The SMILES string of the molecule is CN=C(NCC1CCN(Cc2csc(C)n2)CC1)Nc1ccc(OC)c(OC)c1.I. The molecule has 0 atom stereocenters. The average molecular weight is 545 g/mol. The number of methoxy groups -OCH3 is 2. The lowest BCUT2D eigenvalue weighted by Crippen LogP contribution is -2.40. The topological polar surface area (TPSA) is 71.0 Å². The lowest BCUT2D eigenvalue weighted by atomic mass is 9.97. The molecule has 166 valence electrons. The van der Waals surface area contributed by atoms with Crippen LogP contribution in [0.4, 0.5) is 5.69 Å². The highest BCUT2D eigenvalue weighted by Gasteiger charge is 2.20. The molecule has 2 N–H and O–H groups in total. The van der Waals surface area contributed by atoms with Gasteiger partial charge in [0.2, 0.25) is 0 Å². The zero-order valence-electron chi connectivity index (χ0n) is 18.1. The third-order valence-electron chi connectivity index (χ3n) is 5.19. The van der Waals surface area contributed by atoms with Crippen LogP contribution in [0, 0.1) is 12.8 Å². The van der Waals surface area contributed by atoms with Crippen LogP contribution in [-0.2, 0) is 6.54 Å². The molecule has 9 heteroatoms. The predicted octanol–water partition coefficient (Wildman–Crippen LogP) is 3.99. The van der Waals surface area contributed by atoms with E-state index in [1.54, 1.807) is 32.6 Å². The molecule has 7 nitrogen and oxygen atoms in total. The van der Waals surface area contributed by atoms with Crippen molar-refractivity contribution in [2.45, 2.75) is 26.3 Å². The zero-order valence-corrected chi connectivity index (χ0v) is 21.3. The van der Waals surface area contributed by atoms with Crippen LogP contribution in [0.15, 0.2) is 28.6 Å². The molecule has 1 aliphatic heterocycles. The van der Waals surface area contributed by atoms with Gasteiger partial charge in [0.15, 0.2) is 17.5 Å². The van der Waals surface area contributed by atoms with Crippen LogP contribution in [-0.4, -0.2) is 56.7 Å². The number of likely N-dealkylation sites (tertiary alicyclic amines) is 1. The molecule has 30 heavy (non-hydrogen) atoms. The quantitative estimate of drug-likeness (QED) is 0.312. The Bertz CT molecular complexity index is 821. The summed E-state index contributed by atoms with van der Waals surface area (Å²) < 4.78 is 10.7. The normalized spacial score (nSPS) is 15.4. The number of hydrogen-bond acceptors (Lipinski definition) is 6. The van der Waals surface area contributed by atoms with E-state index in [0.717, 1.165) is 42.8 Å². The van der Waals surface area contributed by atoms with Gasteiger partial charge in [-0.2, -0.15) is 0 Å². The summed E-state index contributed by atoms with van der Waals surface area (Å²) in [5, 5.41) is 10.1. The number of rotatable bonds is 7. The Labute approximate surface area is 200 Å². The molecule has 0 amide bonds. The maximum Gasteiger partial charge on any atom is 0.195 e. The van der Waals surface area contributed by atoms with Crippen LogP contribution in [0.25, 0.3) is 0 Å². The summed E-state index contributed by atoms with van der Waals surface area (Å²) >= 11 is 1.73. The number of aliphatic imine (C=N–C) groups is 1. The minimum atomic E-state index is 0. The fourth-order valence-electron chi connectivity index (χ4n) is 3.53. The van der Waals surface area contributed by atoms with Gasteiger partial charge in [-0.3, -0.25) is 9.89 Å². The molecule has 0 radical (unpaired) electrons. The Hall–Kier alpha value is -1.59. The maximum absolute atomic E-state index is 5.37. The molecule has 1 fully saturated rings. The van der Waals surface area contributed by atoms with E-state index < -0.39 is 0 Å². The van der Waals surface area contributed by atoms with Crippen molar-refractivity contribution >= 4 is 47.0 Å². The highest BCUT2D eigenvalue weighted by atomic mass is 127. The van der Waals surface area contributed by atoms with Gasteiger partial charge in [0, 0.05) is 37.3 Å². The number of benzene rings is 1. The van der Waals surface area contributed by atoms with E-state index in [1.807, 2.05) is 18.2 Å². The van der Waals surface area contributed by atoms with Gasteiger partial charge in [0.25, 0.3) is 0 Å². The molecule has 0 spiro atoms. The number of hydrogen-bond donors (Lipinski definition) is 2. The van der Waals surface area contributed by atoms with Crippen molar-refractivity contribution in [2.24, 2.45) is 10.9 Å². The maximum atomic E-state index is 5.37. The highest BCUT2D eigenvalue weighted by molar-refractivity contribution is 14.0. The molecule has 1 aromatic heterocycles. The Morgan fingerprint density at radius 2 is 1.97 bits per heavy atom. The third kappa shape index (κ3) is 6.98. The van der Waals surface area contributed by atoms with Crippen molar-refractivity contribution in [1.29, 1.82) is 0 Å². The molecule has 1 saturated heterocycles. The average Bonchev–Trinajstić information content (AvgIpc) is 3.16. The number of halogens is 1. The first kappa shape index (κ1) is 24.7. The molecule has 3 rings (SSSR count). The minimum absolute atomic E-state index is 0. The van der Waals surface area contributed by atoms with Crippen molar-refractivity contribution in [3.8, 4) is 11.5 Å². The van der Waals surface area contributed by atoms with E-state index in [2.05, 4.69) is 37.8 Å². The molecule has 0 saturated carbocycles. The van der Waals surface area contributed by atoms with Crippen molar-refractivity contribution < 1.29 is 9.47 Å². The fraction of sp³-hybridized carbons (Fsp3) is 0.524. The number of nitrogens with zero attached hydrogens (tertiary/aromatic N) is 3. The summed E-state index contributed by atoms with van der Waals surface area (Å²) in [7, 11) is 5.06. The summed E-state index contributed by atoms with van der Waals surface area (Å²) in [6.07, 6.45) is 2.37. The first-order valence-corrected chi connectivity index (χ1v) is 10.8. The van der Waals surface area contributed by atoms with E-state index in [0.29, 0.717) is 17.4 Å². The second kappa shape index (κ2) is 12.3. The Morgan fingerprint density at radius 1 is 1.23 bits per heavy atom. The van der Waals surface area contributed by atoms with Gasteiger partial charge in [-0.05, 0) is 50.9 Å². The van der Waals surface area contributed by atoms with E-state index in [4.69, 9.17) is 9.47 Å². The van der Waals surface area contributed by atoms with Gasteiger partial charge in [0.05, 0.1) is 24.9 Å². The largest absolute Gasteiger partial charge is 0.493 e. The summed E-state index contributed by atoms with van der Waals surface area (Å²) in [5.74, 6) is 2.81. The number of thiazole rings is 1. The second-order valence-corrected chi connectivity index (χ2v) is 8.29. The van der Waals surface area contributed by atoms with E-state index >= 15 is 0 Å². The Balaban J connectivity index is 0.00000320. The van der Waals surface area contributed by atoms with Gasteiger partial charge in [-0.1, -0.05) is 0 Å². The van der Waals surface area contributed by atoms with Gasteiger partial charge in [-0.25, -0.2) is 4.98 Å². The number of piperidine rings is 1. The number of guanidine groups is 1. The van der Waals surface area contributed by atoms with E-state index in [-0.39, 0.29) is 24.0 Å². The molecular weight excluding hydrogens is 513 g/mol. The van der Waals surface area contributed by atoms with E-state index in [9.17, 15) is 0 Å². The summed E-state index contributed by atoms with van der Waals surface area (Å²) in [6, 6.07) is 5.74. The van der Waals surface area contributed by atoms with Crippen LogP contribution < -0.4 is 20.1 Å². The lowest BCUT2D eigenvalue weighted by molar-refractivity contribution is 0.176. The van der Waals surface area contributed by atoms with Crippen LogP contribution in [0.3, 0.4) is 0 Å². The Morgan fingerprint density at radius 3 is 2.57 bits per heavy atom. The molecule has 2 aromatic rings. The number of nitrogens with one attached hydrogen (secondary N) is 2. The smallest absolute Gasteiger partial charge is 0.195 e. The van der Waals surface area contributed by atoms with Crippen molar-refractivity contribution in [1.82, 2.24) is 15.2 Å². The fourth-order valence-corrected chi connectivity index (χ4v) is 4.13. The van der Waals surface area contributed by atoms with Crippen LogP contribution in [0.1, 0.15) is 23.5 Å². The van der Waals surface area contributed by atoms with Gasteiger partial charge < -0.3 is 20.1 Å². The summed E-state index contributed by atoms with van der Waals surface area (Å²) in [4.78, 5) is 11.4. The molecule has 0 bridgehead atoms. The number of aryl methyl sites for hydroxylation is 1. The Kier molecular flexibility index (Phi) is 10.1. The van der Waals surface area contributed by atoms with Crippen LogP contribution in [0.5, 0.6) is 11.5 Å². The summed E-state index contributed by atoms with van der Waals surface area (Å²) in [6.45, 7) is 6.17. The predicted molar refractivity (Wildman–Crippen MR) is 135 cm³/mol. The molecule has 2 heterocycles. The zero-order chi connectivity index (χ0) is 20.6. The standard InChI is InChI=1S/C21H31N5O2S.HI/c1-15-24-18(14-29-15)13-26-9-7-16(8-10-26)12-23-21(22-2)25-17-5-6-19(27-3)20(11-17)28-4;/h5-6,11,14,16H,7-10,12-13H2,1-4H3,(H2,22,23,25);1H. The summed E-state index contributed by atoms with van der Waals surface area (Å²) in [5.41, 5.74) is 2.10. The van der Waals surface area contributed by atoms with Crippen molar-refractivity contribution in [3.05, 3.63) is 34.3 Å². The first-order valence-electron chi connectivity index (χ1n) is 9.94. The molecular formula is C21H32IN5O2S. The van der Waals surface area contributed by atoms with Crippen LogP contribution in [0.2, 0.25) is 0 Å².